The highest BCUT2D eigenvalue weighted by Gasteiger charge is 2.30. The largest absolute Gasteiger partial charge is 0.334 e. The van der Waals surface area contributed by atoms with E-state index in [1.807, 2.05) is 17.0 Å². The highest BCUT2D eigenvalue weighted by molar-refractivity contribution is 7.10. The van der Waals surface area contributed by atoms with Crippen LogP contribution in [-0.4, -0.2) is 40.7 Å². The fourth-order valence-electron chi connectivity index (χ4n) is 3.24. The number of thiophene rings is 1. The summed E-state index contributed by atoms with van der Waals surface area (Å²) in [5.74, 6) is -0.326. The van der Waals surface area contributed by atoms with Gasteiger partial charge in [0.05, 0.1) is 13.1 Å². The van der Waals surface area contributed by atoms with E-state index in [0.29, 0.717) is 24.2 Å². The van der Waals surface area contributed by atoms with E-state index in [2.05, 4.69) is 16.8 Å². The number of nitrogens with one attached hydrogen (secondary N) is 1. The van der Waals surface area contributed by atoms with Gasteiger partial charge in [-0.15, -0.1) is 11.3 Å². The molecule has 1 N–H and O–H groups in total. The third kappa shape index (κ3) is 2.91. The summed E-state index contributed by atoms with van der Waals surface area (Å²) in [4.78, 5) is 41.0. The zero-order valence-electron chi connectivity index (χ0n) is 13.5. The molecule has 1 aromatic heterocycles. The number of hydrogen-bond acceptors (Lipinski definition) is 4. The number of amides is 4. The van der Waals surface area contributed by atoms with Crippen molar-refractivity contribution in [2.24, 2.45) is 0 Å². The monoisotopic (exact) mass is 355 g/mol. The molecular weight excluding hydrogens is 338 g/mol. The Morgan fingerprint density at radius 3 is 2.84 bits per heavy atom. The van der Waals surface area contributed by atoms with E-state index in [1.54, 1.807) is 23.5 Å². The molecule has 1 fully saturated rings. The van der Waals surface area contributed by atoms with Crippen LogP contribution in [0, 0.1) is 0 Å². The zero-order valence-corrected chi connectivity index (χ0v) is 14.3. The van der Waals surface area contributed by atoms with E-state index in [4.69, 9.17) is 0 Å². The van der Waals surface area contributed by atoms with Gasteiger partial charge in [0.2, 0.25) is 5.91 Å². The first-order valence-electron chi connectivity index (χ1n) is 8.14. The Bertz CT molecular complexity index is 845. The molecule has 0 radical (unpaired) electrons. The first-order chi connectivity index (χ1) is 12.1. The Morgan fingerprint density at radius 2 is 2.04 bits per heavy atom. The number of nitrogens with zero attached hydrogens (tertiary/aromatic N) is 2. The van der Waals surface area contributed by atoms with Crippen LogP contribution in [0.5, 0.6) is 0 Å². The topological polar surface area (TPSA) is 69.7 Å². The molecule has 128 valence electrons. The molecule has 0 bridgehead atoms. The maximum atomic E-state index is 13.0. The molecule has 0 aliphatic carbocycles. The van der Waals surface area contributed by atoms with Gasteiger partial charge in [0, 0.05) is 23.5 Å². The molecule has 1 saturated heterocycles. The molecule has 2 aliphatic rings. The quantitative estimate of drug-likeness (QED) is 0.856. The number of hydrogen-bond donors (Lipinski definition) is 1. The van der Waals surface area contributed by atoms with Crippen molar-refractivity contribution in [1.29, 1.82) is 0 Å². The summed E-state index contributed by atoms with van der Waals surface area (Å²) in [6.45, 7) is 1.42. The minimum absolute atomic E-state index is 0.0159. The molecule has 0 saturated carbocycles. The fourth-order valence-corrected chi connectivity index (χ4v) is 4.13. The number of rotatable bonds is 3. The number of carbonyl (C=O) groups is 3. The van der Waals surface area contributed by atoms with E-state index < -0.39 is 6.03 Å². The fraction of sp³-hybridized carbons (Fsp3) is 0.278. The number of imide groups is 1. The molecule has 2 aliphatic heterocycles. The van der Waals surface area contributed by atoms with Crippen LogP contribution >= 0.6 is 11.3 Å². The summed E-state index contributed by atoms with van der Waals surface area (Å²) in [7, 11) is 0. The van der Waals surface area contributed by atoms with Gasteiger partial charge >= 0.3 is 6.03 Å². The first-order valence-corrected chi connectivity index (χ1v) is 9.02. The van der Waals surface area contributed by atoms with Crippen LogP contribution in [0.1, 0.15) is 26.4 Å². The molecule has 4 amide bonds. The summed E-state index contributed by atoms with van der Waals surface area (Å²) in [6.07, 6.45) is 0.869. The molecule has 4 rings (SSSR count). The van der Waals surface area contributed by atoms with E-state index in [0.717, 1.165) is 11.3 Å². The van der Waals surface area contributed by atoms with Crippen LogP contribution < -0.4 is 5.32 Å². The number of urea groups is 1. The Hall–Kier alpha value is -2.67. The third-order valence-corrected chi connectivity index (χ3v) is 5.63. The molecule has 25 heavy (non-hydrogen) atoms. The van der Waals surface area contributed by atoms with E-state index >= 15 is 0 Å². The standard InChI is InChI=1S/C18H17N3O3S/c22-16-9-19-18(24)21(16)11-12-3-1-2-4-14(12)17(23)20-7-5-15-13(10-20)6-8-25-15/h1-4,6,8H,5,7,9-11H2,(H,19,24). The molecule has 2 aromatic rings. The average Bonchev–Trinajstić information content (AvgIpc) is 3.22. The van der Waals surface area contributed by atoms with Gasteiger partial charge in [-0.25, -0.2) is 4.79 Å². The van der Waals surface area contributed by atoms with E-state index in [-0.39, 0.29) is 24.9 Å². The van der Waals surface area contributed by atoms with E-state index in [9.17, 15) is 14.4 Å². The SMILES string of the molecule is O=C(c1ccccc1CN1C(=O)CNC1=O)N1CCc2sccc2C1. The summed E-state index contributed by atoms with van der Waals surface area (Å²) >= 11 is 1.73. The lowest BCUT2D eigenvalue weighted by Crippen LogP contribution is -2.37. The van der Waals surface area contributed by atoms with Gasteiger partial charge in [-0.1, -0.05) is 18.2 Å². The third-order valence-electron chi connectivity index (χ3n) is 4.61. The summed E-state index contributed by atoms with van der Waals surface area (Å²) in [6, 6.07) is 8.85. The van der Waals surface area contributed by atoms with Gasteiger partial charge in [0.25, 0.3) is 5.91 Å². The molecule has 3 heterocycles. The molecule has 0 spiro atoms. The zero-order chi connectivity index (χ0) is 17.4. The van der Waals surface area contributed by atoms with Crippen molar-refractivity contribution in [2.45, 2.75) is 19.5 Å². The van der Waals surface area contributed by atoms with Crippen LogP contribution in [0.2, 0.25) is 0 Å². The van der Waals surface area contributed by atoms with Crippen LogP contribution in [0.3, 0.4) is 0 Å². The second-order valence-corrected chi connectivity index (χ2v) is 7.14. The molecule has 7 heteroatoms. The minimum atomic E-state index is -0.409. The van der Waals surface area contributed by atoms with Crippen molar-refractivity contribution in [3.05, 3.63) is 57.3 Å². The summed E-state index contributed by atoms with van der Waals surface area (Å²) < 4.78 is 0. The molecule has 0 unspecified atom stereocenters. The number of fused-ring (bicyclic) bond motifs is 1. The lowest BCUT2D eigenvalue weighted by Gasteiger charge is -2.28. The normalized spacial score (nSPS) is 16.8. The molecular formula is C18H17N3O3S. The van der Waals surface area contributed by atoms with Gasteiger partial charge < -0.3 is 10.2 Å². The molecule has 0 atom stereocenters. The lowest BCUT2D eigenvalue weighted by atomic mass is 10.0. The Morgan fingerprint density at radius 1 is 1.20 bits per heavy atom. The van der Waals surface area contributed by atoms with E-state index in [1.165, 1.54) is 10.4 Å². The molecule has 6 nitrogen and oxygen atoms in total. The van der Waals surface area contributed by atoms with Crippen LogP contribution in [0.15, 0.2) is 35.7 Å². The summed E-state index contributed by atoms with van der Waals surface area (Å²) in [5, 5.41) is 4.56. The predicted molar refractivity (Wildman–Crippen MR) is 93.2 cm³/mol. The Kier molecular flexibility index (Phi) is 4.01. The number of carbonyl (C=O) groups excluding carboxylic acids is 3. The highest BCUT2D eigenvalue weighted by atomic mass is 32.1. The molecule has 1 aromatic carbocycles. The minimum Gasteiger partial charge on any atom is -0.334 e. The predicted octanol–water partition coefficient (Wildman–Crippen LogP) is 2.00. The van der Waals surface area contributed by atoms with Gasteiger partial charge in [-0.05, 0) is 35.1 Å². The summed E-state index contributed by atoms with van der Waals surface area (Å²) in [5.41, 5.74) is 2.44. The maximum absolute atomic E-state index is 13.0. The van der Waals surface area contributed by atoms with Gasteiger partial charge in [-0.2, -0.15) is 0 Å². The first kappa shape index (κ1) is 15.8. The Labute approximate surface area is 149 Å². The van der Waals surface area contributed by atoms with Crippen molar-refractivity contribution >= 4 is 29.2 Å². The maximum Gasteiger partial charge on any atom is 0.324 e. The second kappa shape index (κ2) is 6.33. The van der Waals surface area contributed by atoms with Crippen LogP contribution in [0.4, 0.5) is 4.79 Å². The van der Waals surface area contributed by atoms with Gasteiger partial charge in [0.1, 0.15) is 0 Å². The van der Waals surface area contributed by atoms with Crippen LogP contribution in [0.25, 0.3) is 0 Å². The van der Waals surface area contributed by atoms with Gasteiger partial charge in [0.15, 0.2) is 0 Å². The second-order valence-electron chi connectivity index (χ2n) is 6.14. The van der Waals surface area contributed by atoms with Crippen molar-refractivity contribution in [3.63, 3.8) is 0 Å². The Balaban J connectivity index is 1.57. The van der Waals surface area contributed by atoms with Crippen molar-refractivity contribution in [1.82, 2.24) is 15.1 Å². The van der Waals surface area contributed by atoms with Crippen molar-refractivity contribution < 1.29 is 14.4 Å². The van der Waals surface area contributed by atoms with Gasteiger partial charge in [-0.3, -0.25) is 14.5 Å². The smallest absolute Gasteiger partial charge is 0.324 e. The van der Waals surface area contributed by atoms with Crippen molar-refractivity contribution in [3.8, 4) is 0 Å². The number of benzene rings is 1. The average molecular weight is 355 g/mol. The highest BCUT2D eigenvalue weighted by Crippen LogP contribution is 2.26. The lowest BCUT2D eigenvalue weighted by molar-refractivity contribution is -0.125. The van der Waals surface area contributed by atoms with Crippen LogP contribution in [-0.2, 0) is 24.3 Å². The van der Waals surface area contributed by atoms with Crippen molar-refractivity contribution in [2.75, 3.05) is 13.1 Å².